The Morgan fingerprint density at radius 2 is 1.89 bits per heavy atom. The molecule has 140 valence electrons. The van der Waals surface area contributed by atoms with E-state index in [1.165, 1.54) is 0 Å². The molecule has 27 heavy (non-hydrogen) atoms. The van der Waals surface area contributed by atoms with Crippen LogP contribution in [0.3, 0.4) is 0 Å². The van der Waals surface area contributed by atoms with Crippen molar-refractivity contribution in [3.8, 4) is 0 Å². The number of nitrogens with zero attached hydrogens (tertiary/aromatic N) is 5. The van der Waals surface area contributed by atoms with Crippen molar-refractivity contribution in [1.29, 1.82) is 0 Å². The second kappa shape index (κ2) is 7.11. The first-order chi connectivity index (χ1) is 13.1. The summed E-state index contributed by atoms with van der Waals surface area (Å²) in [6, 6.07) is 11.0. The highest BCUT2D eigenvalue weighted by molar-refractivity contribution is 5.95. The molecule has 3 heterocycles. The Morgan fingerprint density at radius 1 is 1.15 bits per heavy atom. The zero-order valence-electron chi connectivity index (χ0n) is 15.4. The summed E-state index contributed by atoms with van der Waals surface area (Å²) in [6.45, 7) is 4.61. The lowest BCUT2D eigenvalue weighted by Crippen LogP contribution is -2.55. The van der Waals surface area contributed by atoms with Crippen LogP contribution in [0.1, 0.15) is 0 Å². The first kappa shape index (κ1) is 17.7. The van der Waals surface area contributed by atoms with Gasteiger partial charge in [0.25, 0.3) is 6.09 Å². The molecule has 0 bridgehead atoms. The molecule has 0 saturated carbocycles. The van der Waals surface area contributed by atoms with Gasteiger partial charge < -0.3 is 14.8 Å². The maximum absolute atomic E-state index is 12.4. The number of aromatic nitrogens is 2. The van der Waals surface area contributed by atoms with E-state index in [1.807, 2.05) is 36.4 Å². The second-order valence-corrected chi connectivity index (χ2v) is 7.02. The third-order valence-electron chi connectivity index (χ3n) is 5.28. The summed E-state index contributed by atoms with van der Waals surface area (Å²) < 4.78 is 1.15. The first-order valence-corrected chi connectivity index (χ1v) is 9.11. The molecule has 4 rings (SSSR count). The molecule has 2 aliphatic rings. The predicted octanol–water partition coefficient (Wildman–Crippen LogP) is 1.18. The minimum absolute atomic E-state index is 0.494. The van der Waals surface area contributed by atoms with Crippen LogP contribution in [0.25, 0.3) is 5.82 Å². The molecular formula is C20H23N5O2. The lowest BCUT2D eigenvalue weighted by Gasteiger charge is -2.34. The van der Waals surface area contributed by atoms with Gasteiger partial charge in [0.15, 0.2) is 0 Å². The number of piperazine rings is 1. The zero-order chi connectivity index (χ0) is 18.9. The molecule has 1 fully saturated rings. The SMILES string of the molecule is CN1CCN(CC2=C(n3cccn3)[N+](C(=O)[O-])(c3ccccc3)C=C2)CC1. The van der Waals surface area contributed by atoms with Crippen LogP contribution in [-0.2, 0) is 0 Å². The number of likely N-dealkylation sites (N-methyl/N-ethyl adjacent to an activating group) is 1. The summed E-state index contributed by atoms with van der Waals surface area (Å²) in [7, 11) is 2.12. The number of benzene rings is 1. The number of quaternary nitrogens is 1. The summed E-state index contributed by atoms with van der Waals surface area (Å²) >= 11 is 0. The van der Waals surface area contributed by atoms with Crippen LogP contribution in [-0.4, -0.2) is 65.4 Å². The third kappa shape index (κ3) is 3.10. The largest absolute Gasteiger partial charge is 0.497 e. The number of para-hydroxylation sites is 1. The Kier molecular flexibility index (Phi) is 4.65. The molecule has 0 radical (unpaired) electrons. The molecule has 1 aromatic carbocycles. The van der Waals surface area contributed by atoms with Crippen molar-refractivity contribution in [1.82, 2.24) is 24.1 Å². The van der Waals surface area contributed by atoms with E-state index >= 15 is 0 Å². The molecule has 0 spiro atoms. The van der Waals surface area contributed by atoms with Gasteiger partial charge in [-0.25, -0.2) is 0 Å². The van der Waals surface area contributed by atoms with E-state index in [0.29, 0.717) is 18.1 Å². The van der Waals surface area contributed by atoms with Gasteiger partial charge in [0, 0.05) is 63.3 Å². The smallest absolute Gasteiger partial charge is 0.274 e. The van der Waals surface area contributed by atoms with Crippen molar-refractivity contribution in [3.63, 3.8) is 0 Å². The quantitative estimate of drug-likeness (QED) is 0.762. The Hall–Kier alpha value is -2.74. The van der Waals surface area contributed by atoms with E-state index in [2.05, 4.69) is 21.9 Å². The maximum atomic E-state index is 12.4. The Bertz CT molecular complexity index is 867. The molecule has 1 unspecified atom stereocenters. The van der Waals surface area contributed by atoms with Crippen molar-refractivity contribution in [2.24, 2.45) is 0 Å². The molecular weight excluding hydrogens is 342 g/mol. The van der Waals surface area contributed by atoms with Gasteiger partial charge in [0.2, 0.25) is 5.82 Å². The van der Waals surface area contributed by atoms with Gasteiger partial charge in [-0.05, 0) is 13.1 Å². The van der Waals surface area contributed by atoms with Crippen molar-refractivity contribution in [2.45, 2.75) is 0 Å². The lowest BCUT2D eigenvalue weighted by molar-refractivity contribution is -0.258. The fraction of sp³-hybridized carbons (Fsp3) is 0.300. The average Bonchev–Trinajstić information content (AvgIpc) is 3.32. The van der Waals surface area contributed by atoms with Crippen molar-refractivity contribution < 1.29 is 9.90 Å². The molecule has 0 N–H and O–H groups in total. The molecule has 2 aromatic rings. The Morgan fingerprint density at radius 3 is 2.52 bits per heavy atom. The van der Waals surface area contributed by atoms with Gasteiger partial charge in [-0.1, -0.05) is 18.2 Å². The molecule has 1 aromatic heterocycles. The van der Waals surface area contributed by atoms with Gasteiger partial charge in [0.05, 0.1) is 5.57 Å². The molecule has 2 aliphatic heterocycles. The summed E-state index contributed by atoms with van der Waals surface area (Å²) in [6.07, 6.45) is 5.83. The number of carbonyl (C=O) groups excluding carboxylic acids is 1. The molecule has 1 atom stereocenters. The van der Waals surface area contributed by atoms with Gasteiger partial charge in [-0.15, -0.1) is 0 Å². The molecule has 0 aliphatic carbocycles. The molecule has 7 nitrogen and oxygen atoms in total. The topological polar surface area (TPSA) is 64.4 Å². The number of rotatable bonds is 4. The second-order valence-electron chi connectivity index (χ2n) is 7.02. The molecule has 7 heteroatoms. The van der Waals surface area contributed by atoms with Crippen LogP contribution in [0, 0.1) is 0 Å². The summed E-state index contributed by atoms with van der Waals surface area (Å²) in [5.74, 6) is 0.588. The highest BCUT2D eigenvalue weighted by atomic mass is 16.4. The van der Waals surface area contributed by atoms with E-state index < -0.39 is 10.6 Å². The van der Waals surface area contributed by atoms with Crippen LogP contribution >= 0.6 is 0 Å². The van der Waals surface area contributed by atoms with Crippen LogP contribution in [0.2, 0.25) is 0 Å². The molecule has 1 saturated heterocycles. The number of carboxylic acid groups (broad SMARTS) is 1. The normalized spacial score (nSPS) is 23.9. The molecule has 1 amide bonds. The first-order valence-electron chi connectivity index (χ1n) is 9.11. The van der Waals surface area contributed by atoms with Gasteiger partial charge in [-0.3, -0.25) is 4.90 Å². The van der Waals surface area contributed by atoms with E-state index in [1.54, 1.807) is 29.3 Å². The predicted molar refractivity (Wildman–Crippen MR) is 102 cm³/mol. The van der Waals surface area contributed by atoms with E-state index in [9.17, 15) is 9.90 Å². The van der Waals surface area contributed by atoms with Crippen LogP contribution in [0.5, 0.6) is 0 Å². The third-order valence-corrected chi connectivity index (χ3v) is 5.28. The van der Waals surface area contributed by atoms with Crippen molar-refractivity contribution in [2.75, 3.05) is 39.8 Å². The standard InChI is InChI=1S/C20H23N5O2/c1-22-11-13-23(14-12-22)16-17-8-15-25(20(26)27,18-6-3-2-4-7-18)19(17)24-10-5-9-21-24/h2-10,15H,11-14,16H2,1H3. The zero-order valence-corrected chi connectivity index (χ0v) is 15.4. The van der Waals surface area contributed by atoms with Crippen LogP contribution in [0.4, 0.5) is 10.5 Å². The lowest BCUT2D eigenvalue weighted by atomic mass is 10.2. The van der Waals surface area contributed by atoms with E-state index in [0.717, 1.165) is 31.8 Å². The van der Waals surface area contributed by atoms with Crippen molar-refractivity contribution >= 4 is 17.6 Å². The number of hydrogen-bond acceptors (Lipinski definition) is 5. The number of amides is 1. The van der Waals surface area contributed by atoms with Crippen LogP contribution in [0.15, 0.2) is 66.6 Å². The maximum Gasteiger partial charge on any atom is 0.274 e. The van der Waals surface area contributed by atoms with Gasteiger partial charge in [-0.2, -0.15) is 14.3 Å². The average molecular weight is 365 g/mol. The number of carbonyl (C=O) groups is 1. The summed E-state index contributed by atoms with van der Waals surface area (Å²) in [5, 5.41) is 16.8. The highest BCUT2D eigenvalue weighted by Gasteiger charge is 2.44. The fourth-order valence-electron chi connectivity index (χ4n) is 3.77. The van der Waals surface area contributed by atoms with Crippen LogP contribution < -0.4 is 9.59 Å². The Labute approximate surface area is 158 Å². The summed E-state index contributed by atoms with van der Waals surface area (Å²) in [4.78, 5) is 17.1. The van der Waals surface area contributed by atoms with E-state index in [-0.39, 0.29) is 0 Å². The van der Waals surface area contributed by atoms with Gasteiger partial charge >= 0.3 is 0 Å². The highest BCUT2D eigenvalue weighted by Crippen LogP contribution is 2.38. The number of hydrogen-bond donors (Lipinski definition) is 0. The minimum Gasteiger partial charge on any atom is -0.497 e. The fourth-order valence-corrected chi connectivity index (χ4v) is 3.77. The van der Waals surface area contributed by atoms with Crippen molar-refractivity contribution in [3.05, 3.63) is 66.6 Å². The Balaban J connectivity index is 1.79. The monoisotopic (exact) mass is 365 g/mol. The summed E-state index contributed by atoms with van der Waals surface area (Å²) in [5.41, 5.74) is 1.56. The van der Waals surface area contributed by atoms with E-state index in [4.69, 9.17) is 0 Å². The van der Waals surface area contributed by atoms with Gasteiger partial charge in [0.1, 0.15) is 11.9 Å². The minimum atomic E-state index is -1.20.